The number of carbonyl (C=O) groups excluding carboxylic acids is 3. The van der Waals surface area contributed by atoms with Gasteiger partial charge < -0.3 is 9.84 Å². The van der Waals surface area contributed by atoms with E-state index in [2.05, 4.69) is 5.32 Å². The lowest BCUT2D eigenvalue weighted by Gasteiger charge is -2.28. The highest BCUT2D eigenvalue weighted by molar-refractivity contribution is 6.09. The Labute approximate surface area is 139 Å². The highest BCUT2D eigenvalue weighted by Crippen LogP contribution is 2.48. The van der Waals surface area contributed by atoms with Crippen LogP contribution in [-0.2, 0) is 19.1 Å². The number of amides is 2. The number of benzene rings is 1. The zero-order chi connectivity index (χ0) is 17.6. The Balaban J connectivity index is 2.09. The van der Waals surface area contributed by atoms with Gasteiger partial charge in [0.15, 0.2) is 0 Å². The number of fused-ring (bicyclic) bond motifs is 1. The van der Waals surface area contributed by atoms with Crippen LogP contribution in [-0.4, -0.2) is 47.0 Å². The molecule has 0 bridgehead atoms. The van der Waals surface area contributed by atoms with Gasteiger partial charge in [0.05, 0.1) is 18.9 Å². The number of phenolic OH excluding ortho intramolecular Hbond substituents is 1. The number of imide groups is 1. The second kappa shape index (κ2) is 5.59. The van der Waals surface area contributed by atoms with Crippen LogP contribution in [0.2, 0.25) is 0 Å². The van der Waals surface area contributed by atoms with Gasteiger partial charge in [0.2, 0.25) is 11.8 Å². The number of hydrogen-bond acceptors (Lipinski definition) is 6. The summed E-state index contributed by atoms with van der Waals surface area (Å²) in [6.07, 6.45) is 0. The Morgan fingerprint density at radius 1 is 1.29 bits per heavy atom. The van der Waals surface area contributed by atoms with E-state index >= 15 is 0 Å². The monoisotopic (exact) mass is 332 g/mol. The van der Waals surface area contributed by atoms with Crippen LogP contribution in [0.15, 0.2) is 24.3 Å². The van der Waals surface area contributed by atoms with E-state index in [-0.39, 0.29) is 24.1 Å². The van der Waals surface area contributed by atoms with Crippen molar-refractivity contribution in [2.24, 2.45) is 11.8 Å². The van der Waals surface area contributed by atoms with E-state index in [4.69, 9.17) is 4.74 Å². The van der Waals surface area contributed by atoms with Gasteiger partial charge in [-0.3, -0.25) is 24.6 Å². The van der Waals surface area contributed by atoms with E-state index in [0.717, 1.165) is 5.56 Å². The largest absolute Gasteiger partial charge is 0.508 e. The number of carbonyl (C=O) groups is 3. The van der Waals surface area contributed by atoms with Crippen molar-refractivity contribution >= 4 is 17.8 Å². The third-order valence-electron chi connectivity index (χ3n) is 5.06. The van der Waals surface area contributed by atoms with Crippen LogP contribution in [0.3, 0.4) is 0 Å². The van der Waals surface area contributed by atoms with Crippen molar-refractivity contribution in [3.05, 3.63) is 29.8 Å². The fourth-order valence-corrected chi connectivity index (χ4v) is 3.88. The minimum atomic E-state index is -1.28. The van der Waals surface area contributed by atoms with Gasteiger partial charge in [-0.2, -0.15) is 0 Å². The zero-order valence-electron chi connectivity index (χ0n) is 13.8. The molecule has 0 radical (unpaired) electrons. The molecule has 2 fully saturated rings. The Morgan fingerprint density at radius 3 is 2.46 bits per heavy atom. The van der Waals surface area contributed by atoms with Crippen molar-refractivity contribution in [3.8, 4) is 5.75 Å². The number of rotatable bonds is 3. The molecule has 0 unspecified atom stereocenters. The molecule has 7 heteroatoms. The maximum Gasteiger partial charge on any atom is 0.326 e. The number of hydrogen-bond donors (Lipinski definition) is 2. The molecule has 7 nitrogen and oxygen atoms in total. The summed E-state index contributed by atoms with van der Waals surface area (Å²) in [4.78, 5) is 39.0. The van der Waals surface area contributed by atoms with Crippen molar-refractivity contribution in [1.82, 2.24) is 10.2 Å². The molecule has 2 heterocycles. The van der Waals surface area contributed by atoms with E-state index in [1.54, 1.807) is 26.0 Å². The topological polar surface area (TPSA) is 95.9 Å². The number of methoxy groups -OCH3 is 1. The number of phenols is 1. The summed E-state index contributed by atoms with van der Waals surface area (Å²) in [6, 6.07) is 5.88. The number of ether oxygens (including phenoxy) is 1. The summed E-state index contributed by atoms with van der Waals surface area (Å²) >= 11 is 0. The number of aromatic hydroxyl groups is 1. The Morgan fingerprint density at radius 2 is 1.92 bits per heavy atom. The average molecular weight is 332 g/mol. The third-order valence-corrected chi connectivity index (χ3v) is 5.06. The van der Waals surface area contributed by atoms with E-state index in [9.17, 15) is 19.5 Å². The molecular formula is C17H20N2O5. The molecule has 0 aliphatic carbocycles. The van der Waals surface area contributed by atoms with Gasteiger partial charge >= 0.3 is 5.97 Å². The summed E-state index contributed by atoms with van der Waals surface area (Å²) in [5, 5.41) is 12.6. The number of esters is 1. The van der Waals surface area contributed by atoms with Crippen molar-refractivity contribution in [2.75, 3.05) is 13.7 Å². The summed E-state index contributed by atoms with van der Waals surface area (Å²) in [6.45, 7) is 3.60. The molecule has 2 aliphatic rings. The quantitative estimate of drug-likeness (QED) is 0.621. The summed E-state index contributed by atoms with van der Waals surface area (Å²) < 4.78 is 4.88. The van der Waals surface area contributed by atoms with E-state index in [1.807, 2.05) is 0 Å². The van der Waals surface area contributed by atoms with Crippen molar-refractivity contribution in [2.45, 2.75) is 25.4 Å². The maximum atomic E-state index is 12.7. The molecular weight excluding hydrogens is 312 g/mol. The molecule has 2 amide bonds. The van der Waals surface area contributed by atoms with Crippen LogP contribution in [0.25, 0.3) is 0 Å². The first-order valence-corrected chi connectivity index (χ1v) is 7.85. The van der Waals surface area contributed by atoms with Gasteiger partial charge in [0.1, 0.15) is 11.3 Å². The summed E-state index contributed by atoms with van der Waals surface area (Å²) in [7, 11) is 1.26. The van der Waals surface area contributed by atoms with E-state index in [0.29, 0.717) is 0 Å². The maximum absolute atomic E-state index is 12.7. The summed E-state index contributed by atoms with van der Waals surface area (Å²) in [5.74, 6) is -2.59. The van der Waals surface area contributed by atoms with Crippen LogP contribution >= 0.6 is 0 Å². The van der Waals surface area contributed by atoms with Gasteiger partial charge in [-0.25, -0.2) is 0 Å². The highest BCUT2D eigenvalue weighted by atomic mass is 16.5. The molecule has 4 atom stereocenters. The zero-order valence-corrected chi connectivity index (χ0v) is 13.8. The smallest absolute Gasteiger partial charge is 0.326 e. The second-order valence-electron chi connectivity index (χ2n) is 6.33. The van der Waals surface area contributed by atoms with Crippen LogP contribution in [0, 0.1) is 11.8 Å². The number of nitrogens with zero attached hydrogens (tertiary/aromatic N) is 1. The highest BCUT2D eigenvalue weighted by Gasteiger charge is 2.66. The molecule has 2 N–H and O–H groups in total. The van der Waals surface area contributed by atoms with E-state index < -0.39 is 29.4 Å². The fraction of sp³-hybridized carbons (Fsp3) is 0.471. The SMILES string of the molecule is CCN1C(=O)[C@@H]2[C@@H](C1=O)[C@](C)(C(=O)OC)N[C@H]2c1ccc(O)cc1. The van der Waals surface area contributed by atoms with Gasteiger partial charge in [-0.05, 0) is 31.5 Å². The fourth-order valence-electron chi connectivity index (χ4n) is 3.88. The normalized spacial score (nSPS) is 32.1. The van der Waals surface area contributed by atoms with Crippen LogP contribution in [0.5, 0.6) is 5.75 Å². The predicted octanol–water partition coefficient (Wildman–Crippen LogP) is 0.589. The Bertz CT molecular complexity index is 701. The Kier molecular flexibility index (Phi) is 3.83. The minimum absolute atomic E-state index is 0.105. The molecule has 0 spiro atoms. The molecule has 128 valence electrons. The van der Waals surface area contributed by atoms with Crippen LogP contribution in [0.1, 0.15) is 25.5 Å². The standard InChI is InChI=1S/C17H20N2O5/c1-4-19-14(21)11-12(15(19)22)17(2,16(23)24-3)18-13(11)9-5-7-10(20)8-6-9/h5-8,11-13,18,20H,4H2,1-3H3/t11-,12+,13+,17-/m1/s1. The predicted molar refractivity (Wildman–Crippen MR) is 83.8 cm³/mol. The first-order valence-electron chi connectivity index (χ1n) is 7.85. The molecule has 0 saturated carbocycles. The molecule has 0 aromatic heterocycles. The van der Waals surface area contributed by atoms with Crippen molar-refractivity contribution in [3.63, 3.8) is 0 Å². The van der Waals surface area contributed by atoms with Crippen molar-refractivity contribution in [1.29, 1.82) is 0 Å². The lowest BCUT2D eigenvalue weighted by Crippen LogP contribution is -2.53. The van der Waals surface area contributed by atoms with Crippen LogP contribution in [0.4, 0.5) is 0 Å². The Hall–Kier alpha value is -2.41. The van der Waals surface area contributed by atoms with Crippen molar-refractivity contribution < 1.29 is 24.2 Å². The first kappa shape index (κ1) is 16.4. The van der Waals surface area contributed by atoms with Gasteiger partial charge in [-0.1, -0.05) is 12.1 Å². The number of nitrogens with one attached hydrogen (secondary N) is 1. The van der Waals surface area contributed by atoms with E-state index in [1.165, 1.54) is 24.1 Å². The third kappa shape index (κ3) is 2.11. The average Bonchev–Trinajstić information content (AvgIpc) is 3.02. The first-order chi connectivity index (χ1) is 11.3. The van der Waals surface area contributed by atoms with Gasteiger partial charge in [-0.15, -0.1) is 0 Å². The molecule has 24 heavy (non-hydrogen) atoms. The van der Waals surface area contributed by atoms with Crippen LogP contribution < -0.4 is 5.32 Å². The van der Waals surface area contributed by atoms with Gasteiger partial charge in [0.25, 0.3) is 0 Å². The molecule has 1 aromatic carbocycles. The second-order valence-corrected chi connectivity index (χ2v) is 6.33. The lowest BCUT2D eigenvalue weighted by atomic mass is 9.80. The summed E-state index contributed by atoms with van der Waals surface area (Å²) in [5.41, 5.74) is -0.548. The molecule has 2 aliphatic heterocycles. The van der Waals surface area contributed by atoms with Gasteiger partial charge in [0, 0.05) is 12.6 Å². The minimum Gasteiger partial charge on any atom is -0.508 e. The lowest BCUT2D eigenvalue weighted by molar-refractivity contribution is -0.153. The molecule has 1 aromatic rings. The molecule has 3 rings (SSSR count). The number of likely N-dealkylation sites (tertiary alicyclic amines) is 1. The molecule has 2 saturated heterocycles.